The second-order valence-corrected chi connectivity index (χ2v) is 5.98. The van der Waals surface area contributed by atoms with Crippen LogP contribution in [0.15, 0.2) is 36.4 Å². The molecule has 0 spiro atoms. The van der Waals surface area contributed by atoms with Gasteiger partial charge in [0.15, 0.2) is 0 Å². The minimum absolute atomic E-state index is 0.596. The first kappa shape index (κ1) is 13.6. The van der Waals surface area contributed by atoms with Gasteiger partial charge in [-0.25, -0.2) is 0 Å². The van der Waals surface area contributed by atoms with E-state index < -0.39 is 0 Å². The van der Waals surface area contributed by atoms with Crippen LogP contribution in [0.25, 0.3) is 0 Å². The Balaban J connectivity index is 1.89. The molecule has 0 bridgehead atoms. The normalized spacial score (nSPS) is 14.2. The number of halogens is 2. The number of fused-ring (bicyclic) bond motifs is 1. The van der Waals surface area contributed by atoms with Crippen LogP contribution < -0.4 is 10.6 Å². The van der Waals surface area contributed by atoms with E-state index in [9.17, 15) is 0 Å². The van der Waals surface area contributed by atoms with E-state index in [0.717, 1.165) is 37.2 Å². The van der Waals surface area contributed by atoms with Gasteiger partial charge in [-0.1, -0.05) is 35.3 Å². The maximum absolute atomic E-state index is 6.09. The van der Waals surface area contributed by atoms with Crippen molar-refractivity contribution < 1.29 is 0 Å². The first-order chi connectivity index (χ1) is 9.63. The molecule has 0 aromatic heterocycles. The standard InChI is InChI=1S/C16H16Cl2N2/c17-14-6-3-11(8-15(14)18)10-20-7-1-2-12-4-5-13(19)9-16(12)20/h3-6,8-9H,1-2,7,10,19H2. The zero-order valence-corrected chi connectivity index (χ0v) is 12.6. The molecule has 4 heteroatoms. The molecule has 1 aliphatic heterocycles. The molecular weight excluding hydrogens is 291 g/mol. The number of hydrogen-bond acceptors (Lipinski definition) is 2. The van der Waals surface area contributed by atoms with Gasteiger partial charge >= 0.3 is 0 Å². The number of nitrogens with zero attached hydrogens (tertiary/aromatic N) is 1. The summed E-state index contributed by atoms with van der Waals surface area (Å²) in [5.74, 6) is 0. The molecule has 0 amide bonds. The molecule has 0 fully saturated rings. The second kappa shape index (κ2) is 5.55. The lowest BCUT2D eigenvalue weighted by atomic mass is 10.0. The molecule has 0 aliphatic carbocycles. The van der Waals surface area contributed by atoms with E-state index in [2.05, 4.69) is 17.0 Å². The lowest BCUT2D eigenvalue weighted by Gasteiger charge is -2.31. The van der Waals surface area contributed by atoms with Crippen molar-refractivity contribution in [1.82, 2.24) is 0 Å². The van der Waals surface area contributed by atoms with Crippen molar-refractivity contribution in [3.05, 3.63) is 57.6 Å². The Bertz CT molecular complexity index is 640. The van der Waals surface area contributed by atoms with E-state index in [0.29, 0.717) is 10.0 Å². The fraction of sp³-hybridized carbons (Fsp3) is 0.250. The second-order valence-electron chi connectivity index (χ2n) is 5.16. The number of anilines is 2. The molecule has 104 valence electrons. The third-order valence-corrected chi connectivity index (χ3v) is 4.42. The van der Waals surface area contributed by atoms with Crippen LogP contribution in [0.4, 0.5) is 11.4 Å². The average Bonchev–Trinajstić information content (AvgIpc) is 2.44. The molecule has 20 heavy (non-hydrogen) atoms. The minimum Gasteiger partial charge on any atom is -0.399 e. The summed E-state index contributed by atoms with van der Waals surface area (Å²) in [5, 5.41) is 1.20. The number of benzene rings is 2. The highest BCUT2D eigenvalue weighted by atomic mass is 35.5. The smallest absolute Gasteiger partial charge is 0.0595 e. The van der Waals surface area contributed by atoms with Gasteiger partial charge in [0.1, 0.15) is 0 Å². The van der Waals surface area contributed by atoms with E-state index in [1.54, 1.807) is 0 Å². The number of nitrogens with two attached hydrogens (primary N) is 1. The van der Waals surface area contributed by atoms with E-state index in [1.807, 2.05) is 24.3 Å². The lowest BCUT2D eigenvalue weighted by Crippen LogP contribution is -2.28. The van der Waals surface area contributed by atoms with Crippen molar-refractivity contribution in [3.8, 4) is 0 Å². The van der Waals surface area contributed by atoms with E-state index in [1.165, 1.54) is 11.3 Å². The zero-order chi connectivity index (χ0) is 14.1. The summed E-state index contributed by atoms with van der Waals surface area (Å²) in [6.45, 7) is 1.87. The zero-order valence-electron chi connectivity index (χ0n) is 11.1. The Morgan fingerprint density at radius 1 is 1.05 bits per heavy atom. The highest BCUT2D eigenvalue weighted by Crippen LogP contribution is 2.31. The Morgan fingerprint density at radius 2 is 1.90 bits per heavy atom. The maximum Gasteiger partial charge on any atom is 0.0595 e. The summed E-state index contributed by atoms with van der Waals surface area (Å²) in [6, 6.07) is 12.0. The SMILES string of the molecule is Nc1ccc2c(c1)N(Cc1ccc(Cl)c(Cl)c1)CCC2. The molecule has 0 radical (unpaired) electrons. The van der Waals surface area contributed by atoms with Gasteiger partial charge in [0.25, 0.3) is 0 Å². The van der Waals surface area contributed by atoms with E-state index in [4.69, 9.17) is 28.9 Å². The van der Waals surface area contributed by atoms with Crippen LogP contribution in [-0.2, 0) is 13.0 Å². The van der Waals surface area contributed by atoms with Crippen molar-refractivity contribution in [2.24, 2.45) is 0 Å². The summed E-state index contributed by atoms with van der Waals surface area (Å²) in [4.78, 5) is 2.36. The van der Waals surface area contributed by atoms with Crippen LogP contribution in [0.3, 0.4) is 0 Å². The van der Waals surface area contributed by atoms with Crippen LogP contribution in [-0.4, -0.2) is 6.54 Å². The quantitative estimate of drug-likeness (QED) is 0.826. The van der Waals surface area contributed by atoms with Gasteiger partial charge in [0.05, 0.1) is 10.0 Å². The van der Waals surface area contributed by atoms with Gasteiger partial charge in [-0.15, -0.1) is 0 Å². The van der Waals surface area contributed by atoms with Gasteiger partial charge in [-0.05, 0) is 48.2 Å². The fourth-order valence-electron chi connectivity index (χ4n) is 2.69. The third-order valence-electron chi connectivity index (χ3n) is 3.68. The van der Waals surface area contributed by atoms with Crippen LogP contribution >= 0.6 is 23.2 Å². The third kappa shape index (κ3) is 2.72. The molecular formula is C16H16Cl2N2. The Labute approximate surface area is 129 Å². The minimum atomic E-state index is 0.596. The number of nitrogen functional groups attached to an aromatic ring is 1. The van der Waals surface area contributed by atoms with Gasteiger partial charge in [-0.3, -0.25) is 0 Å². The molecule has 1 heterocycles. The van der Waals surface area contributed by atoms with Crippen molar-refractivity contribution in [2.75, 3.05) is 17.2 Å². The molecule has 2 aromatic carbocycles. The molecule has 0 saturated heterocycles. The monoisotopic (exact) mass is 306 g/mol. The topological polar surface area (TPSA) is 29.3 Å². The van der Waals surface area contributed by atoms with Crippen LogP contribution in [0.2, 0.25) is 10.0 Å². The van der Waals surface area contributed by atoms with Crippen LogP contribution in [0, 0.1) is 0 Å². The predicted octanol–water partition coefficient (Wildman–Crippen LogP) is 4.53. The highest BCUT2D eigenvalue weighted by molar-refractivity contribution is 6.42. The molecule has 2 aromatic rings. The van der Waals surface area contributed by atoms with E-state index in [-0.39, 0.29) is 0 Å². The van der Waals surface area contributed by atoms with Crippen molar-refractivity contribution in [2.45, 2.75) is 19.4 Å². The average molecular weight is 307 g/mol. The molecule has 2 N–H and O–H groups in total. The predicted molar refractivity (Wildman–Crippen MR) is 86.7 cm³/mol. The Hall–Kier alpha value is -1.38. The van der Waals surface area contributed by atoms with E-state index >= 15 is 0 Å². The molecule has 1 aliphatic rings. The number of rotatable bonds is 2. The van der Waals surface area contributed by atoms with Gasteiger partial charge in [0.2, 0.25) is 0 Å². The number of aryl methyl sites for hydroxylation is 1. The van der Waals surface area contributed by atoms with Crippen LogP contribution in [0.1, 0.15) is 17.5 Å². The molecule has 0 saturated carbocycles. The first-order valence-electron chi connectivity index (χ1n) is 6.71. The van der Waals surface area contributed by atoms with Crippen LogP contribution in [0.5, 0.6) is 0 Å². The van der Waals surface area contributed by atoms with Crippen molar-refractivity contribution >= 4 is 34.6 Å². The van der Waals surface area contributed by atoms with Crippen molar-refractivity contribution in [3.63, 3.8) is 0 Å². The lowest BCUT2D eigenvalue weighted by molar-refractivity contribution is 0.691. The number of hydrogen-bond donors (Lipinski definition) is 1. The fourth-order valence-corrected chi connectivity index (χ4v) is 3.01. The molecule has 3 rings (SSSR count). The summed E-state index contributed by atoms with van der Waals surface area (Å²) >= 11 is 12.0. The summed E-state index contributed by atoms with van der Waals surface area (Å²) in [5.41, 5.74) is 10.5. The molecule has 2 nitrogen and oxygen atoms in total. The van der Waals surface area contributed by atoms with Gasteiger partial charge in [0, 0.05) is 24.5 Å². The van der Waals surface area contributed by atoms with Gasteiger partial charge in [-0.2, -0.15) is 0 Å². The summed E-state index contributed by atoms with van der Waals surface area (Å²) in [6.07, 6.45) is 2.28. The first-order valence-corrected chi connectivity index (χ1v) is 7.46. The molecule has 0 unspecified atom stereocenters. The van der Waals surface area contributed by atoms with Gasteiger partial charge < -0.3 is 10.6 Å². The summed E-state index contributed by atoms with van der Waals surface area (Å²) in [7, 11) is 0. The molecule has 0 atom stereocenters. The maximum atomic E-state index is 6.09. The Morgan fingerprint density at radius 3 is 2.70 bits per heavy atom. The Kier molecular flexibility index (Phi) is 3.77. The summed E-state index contributed by atoms with van der Waals surface area (Å²) < 4.78 is 0. The highest BCUT2D eigenvalue weighted by Gasteiger charge is 2.17. The van der Waals surface area contributed by atoms with Crippen molar-refractivity contribution in [1.29, 1.82) is 0 Å². The largest absolute Gasteiger partial charge is 0.399 e.